The number of aliphatic imine (C=N–C) groups is 1. The number of hydrogen-bond acceptors (Lipinski definition) is 3. The number of rotatable bonds is 7. The summed E-state index contributed by atoms with van der Waals surface area (Å²) in [5.41, 5.74) is 1.73. The second kappa shape index (κ2) is 9.23. The van der Waals surface area contributed by atoms with E-state index >= 15 is 0 Å². The van der Waals surface area contributed by atoms with Gasteiger partial charge in [0.1, 0.15) is 17.2 Å². The number of carbonyl (C=O) groups excluding carboxylic acids is 1. The minimum atomic E-state index is -0.332. The zero-order valence-corrected chi connectivity index (χ0v) is 14.4. The number of hydrogen-bond donors (Lipinski definition) is 0. The summed E-state index contributed by atoms with van der Waals surface area (Å²) in [4.78, 5) is 16.8. The van der Waals surface area contributed by atoms with E-state index in [1.165, 1.54) is 0 Å². The summed E-state index contributed by atoms with van der Waals surface area (Å²) in [6, 6.07) is 16.2. The molecule has 0 heterocycles. The number of allylic oxidation sites excluding steroid dienone is 3. The van der Waals surface area contributed by atoms with E-state index in [1.54, 1.807) is 43.5 Å². The van der Waals surface area contributed by atoms with E-state index in [4.69, 9.17) is 9.47 Å². The Bertz CT molecular complexity index is 775. The van der Waals surface area contributed by atoms with Crippen LogP contribution >= 0.6 is 0 Å². The first-order valence-corrected chi connectivity index (χ1v) is 7.98. The monoisotopic (exact) mass is 335 g/mol. The van der Waals surface area contributed by atoms with Crippen LogP contribution < -0.4 is 4.74 Å². The van der Waals surface area contributed by atoms with Crippen LogP contribution in [0.15, 0.2) is 84.1 Å². The number of benzene rings is 2. The van der Waals surface area contributed by atoms with Gasteiger partial charge in [0.05, 0.1) is 13.7 Å². The molecule has 0 atom stereocenters. The second-order valence-electron chi connectivity index (χ2n) is 5.06. The number of amides is 1. The lowest BCUT2D eigenvalue weighted by atomic mass is 10.1. The van der Waals surface area contributed by atoms with Gasteiger partial charge in [-0.25, -0.2) is 4.99 Å². The van der Waals surface area contributed by atoms with Crippen LogP contribution in [-0.2, 0) is 4.74 Å². The molecule has 4 heteroatoms. The minimum Gasteiger partial charge on any atom is -0.497 e. The zero-order chi connectivity index (χ0) is 18.1. The first kappa shape index (κ1) is 18.2. The fourth-order valence-corrected chi connectivity index (χ4v) is 2.22. The van der Waals surface area contributed by atoms with Gasteiger partial charge >= 0.3 is 0 Å². The average molecular weight is 335 g/mol. The van der Waals surface area contributed by atoms with Gasteiger partial charge < -0.3 is 9.47 Å². The molecule has 0 N–H and O–H groups in total. The van der Waals surface area contributed by atoms with Gasteiger partial charge in [-0.3, -0.25) is 4.79 Å². The second-order valence-corrected chi connectivity index (χ2v) is 5.06. The van der Waals surface area contributed by atoms with E-state index in [0.29, 0.717) is 23.6 Å². The molecule has 0 aliphatic heterocycles. The van der Waals surface area contributed by atoms with Crippen LogP contribution in [0.3, 0.4) is 0 Å². The summed E-state index contributed by atoms with van der Waals surface area (Å²) >= 11 is 0. The molecular formula is C21H21NO3. The molecule has 2 aromatic rings. The fraction of sp³-hybridized carbons (Fsp3) is 0.143. The predicted molar refractivity (Wildman–Crippen MR) is 100 cm³/mol. The van der Waals surface area contributed by atoms with Crippen molar-refractivity contribution in [2.75, 3.05) is 13.7 Å². The van der Waals surface area contributed by atoms with Crippen molar-refractivity contribution in [2.45, 2.75) is 6.92 Å². The molecule has 0 aliphatic rings. The number of carbonyl (C=O) groups is 1. The molecule has 0 fully saturated rings. The first-order chi connectivity index (χ1) is 12.2. The van der Waals surface area contributed by atoms with Crippen molar-refractivity contribution in [3.8, 4) is 5.75 Å². The molecule has 0 saturated heterocycles. The molecule has 25 heavy (non-hydrogen) atoms. The van der Waals surface area contributed by atoms with E-state index in [2.05, 4.69) is 11.6 Å². The lowest BCUT2D eigenvalue weighted by Crippen LogP contribution is -2.12. The maximum absolute atomic E-state index is 12.5. The molecule has 0 saturated carbocycles. The molecule has 1 amide bonds. The molecule has 0 spiro atoms. The molecule has 2 aromatic carbocycles. The third-order valence-corrected chi connectivity index (χ3v) is 3.40. The van der Waals surface area contributed by atoms with Crippen molar-refractivity contribution in [3.63, 3.8) is 0 Å². The van der Waals surface area contributed by atoms with Gasteiger partial charge in [0, 0.05) is 11.1 Å². The van der Waals surface area contributed by atoms with Gasteiger partial charge in [-0.05, 0) is 49.4 Å². The summed E-state index contributed by atoms with van der Waals surface area (Å²) in [5, 5.41) is 0. The summed E-state index contributed by atoms with van der Waals surface area (Å²) in [7, 11) is 1.60. The highest BCUT2D eigenvalue weighted by molar-refractivity contribution is 6.17. The Morgan fingerprint density at radius 3 is 2.32 bits per heavy atom. The van der Waals surface area contributed by atoms with E-state index in [-0.39, 0.29) is 5.91 Å². The first-order valence-electron chi connectivity index (χ1n) is 7.98. The van der Waals surface area contributed by atoms with Crippen molar-refractivity contribution >= 4 is 11.6 Å². The normalized spacial score (nSPS) is 11.8. The molecule has 0 bridgehead atoms. The Hall–Kier alpha value is -3.14. The van der Waals surface area contributed by atoms with E-state index < -0.39 is 0 Å². The number of methoxy groups -OCH3 is 1. The Balaban J connectivity index is 2.50. The SMILES string of the molecule is C=C/C=C(/OCC)C(=NC(=O)c1ccccc1)c1ccc(OC)cc1. The summed E-state index contributed by atoms with van der Waals surface area (Å²) in [5.74, 6) is 0.885. The summed E-state index contributed by atoms with van der Waals surface area (Å²) in [6.07, 6.45) is 3.31. The van der Waals surface area contributed by atoms with Gasteiger partial charge in [-0.15, -0.1) is 0 Å². The predicted octanol–water partition coefficient (Wildman–Crippen LogP) is 4.43. The van der Waals surface area contributed by atoms with Crippen LogP contribution in [0.4, 0.5) is 0 Å². The van der Waals surface area contributed by atoms with Crippen molar-refractivity contribution in [3.05, 3.63) is 90.2 Å². The summed E-state index contributed by atoms with van der Waals surface area (Å²) < 4.78 is 10.9. The third-order valence-electron chi connectivity index (χ3n) is 3.40. The zero-order valence-electron chi connectivity index (χ0n) is 14.4. The lowest BCUT2D eigenvalue weighted by Gasteiger charge is -2.12. The van der Waals surface area contributed by atoms with Crippen LogP contribution in [0.5, 0.6) is 5.75 Å². The maximum Gasteiger partial charge on any atom is 0.277 e. The molecule has 2 rings (SSSR count). The van der Waals surface area contributed by atoms with Crippen molar-refractivity contribution < 1.29 is 14.3 Å². The number of ether oxygens (including phenoxy) is 2. The van der Waals surface area contributed by atoms with E-state index in [0.717, 1.165) is 11.3 Å². The van der Waals surface area contributed by atoms with Gasteiger partial charge in [-0.2, -0.15) is 0 Å². The molecule has 0 aromatic heterocycles. The fourth-order valence-electron chi connectivity index (χ4n) is 2.22. The topological polar surface area (TPSA) is 47.9 Å². The lowest BCUT2D eigenvalue weighted by molar-refractivity contribution is 0.100. The molecule has 0 aliphatic carbocycles. The third kappa shape index (κ3) is 4.91. The minimum absolute atomic E-state index is 0.332. The quantitative estimate of drug-likeness (QED) is 0.427. The van der Waals surface area contributed by atoms with Crippen LogP contribution in [-0.4, -0.2) is 25.3 Å². The number of nitrogens with zero attached hydrogens (tertiary/aromatic N) is 1. The molecular weight excluding hydrogens is 314 g/mol. The van der Waals surface area contributed by atoms with E-state index in [1.807, 2.05) is 37.3 Å². The Kier molecular flexibility index (Phi) is 6.72. The van der Waals surface area contributed by atoms with Gasteiger partial charge in [0.25, 0.3) is 5.91 Å². The van der Waals surface area contributed by atoms with Crippen molar-refractivity contribution in [1.82, 2.24) is 0 Å². The Morgan fingerprint density at radius 1 is 1.08 bits per heavy atom. The van der Waals surface area contributed by atoms with E-state index in [9.17, 15) is 4.79 Å². The Morgan fingerprint density at radius 2 is 1.76 bits per heavy atom. The maximum atomic E-state index is 12.5. The molecule has 0 radical (unpaired) electrons. The highest BCUT2D eigenvalue weighted by atomic mass is 16.5. The smallest absolute Gasteiger partial charge is 0.277 e. The molecule has 128 valence electrons. The highest BCUT2D eigenvalue weighted by Crippen LogP contribution is 2.17. The average Bonchev–Trinajstić information content (AvgIpc) is 2.66. The standard InChI is InChI=1S/C21H21NO3/c1-4-9-19(25-5-2)20(16-12-14-18(24-3)15-13-16)22-21(23)17-10-7-6-8-11-17/h4,6-15H,1,5H2,2-3H3/b19-9+,22-20?. The van der Waals surface area contributed by atoms with Crippen LogP contribution in [0.25, 0.3) is 0 Å². The Labute approximate surface area is 148 Å². The molecule has 0 unspecified atom stereocenters. The van der Waals surface area contributed by atoms with Gasteiger partial charge in [0.15, 0.2) is 0 Å². The van der Waals surface area contributed by atoms with Crippen LogP contribution in [0, 0.1) is 0 Å². The largest absolute Gasteiger partial charge is 0.497 e. The highest BCUT2D eigenvalue weighted by Gasteiger charge is 2.14. The van der Waals surface area contributed by atoms with Gasteiger partial charge in [-0.1, -0.05) is 30.9 Å². The van der Waals surface area contributed by atoms with Crippen molar-refractivity contribution in [2.24, 2.45) is 4.99 Å². The molecule has 4 nitrogen and oxygen atoms in total. The summed E-state index contributed by atoms with van der Waals surface area (Å²) in [6.45, 7) is 6.04. The van der Waals surface area contributed by atoms with Crippen LogP contribution in [0.1, 0.15) is 22.8 Å². The van der Waals surface area contributed by atoms with Gasteiger partial charge in [0.2, 0.25) is 0 Å². The van der Waals surface area contributed by atoms with Crippen molar-refractivity contribution in [1.29, 1.82) is 0 Å². The van der Waals surface area contributed by atoms with Crippen LogP contribution in [0.2, 0.25) is 0 Å².